The number of hydrogen-bond acceptors (Lipinski definition) is 4. The third kappa shape index (κ3) is 5.37. The molecule has 8 heteroatoms. The smallest absolute Gasteiger partial charge is 0.269 e. The summed E-state index contributed by atoms with van der Waals surface area (Å²) in [7, 11) is 0. The largest absolute Gasteiger partial charge is 0.352 e. The summed E-state index contributed by atoms with van der Waals surface area (Å²) in [5.41, 5.74) is 0.945. The highest BCUT2D eigenvalue weighted by molar-refractivity contribution is 5.94. The Morgan fingerprint density at radius 2 is 1.73 bits per heavy atom. The summed E-state index contributed by atoms with van der Waals surface area (Å²) in [6.45, 7) is 1.90. The fourth-order valence-electron chi connectivity index (χ4n) is 2.27. The number of nitro groups is 1. The number of hydrogen-bond donors (Lipinski definition) is 2. The molecule has 2 amide bonds. The molecule has 2 aromatic carbocycles. The van der Waals surface area contributed by atoms with Gasteiger partial charge in [0.25, 0.3) is 11.6 Å². The van der Waals surface area contributed by atoms with E-state index < -0.39 is 10.8 Å². The minimum absolute atomic E-state index is 0.0737. The van der Waals surface area contributed by atoms with Crippen molar-refractivity contribution in [3.63, 3.8) is 0 Å². The molecule has 0 saturated heterocycles. The van der Waals surface area contributed by atoms with Crippen molar-refractivity contribution in [1.29, 1.82) is 0 Å². The molecule has 0 saturated carbocycles. The van der Waals surface area contributed by atoms with Crippen LogP contribution in [0, 0.1) is 15.9 Å². The molecule has 2 aromatic rings. The summed E-state index contributed by atoms with van der Waals surface area (Å²) < 4.78 is 12.9. The van der Waals surface area contributed by atoms with Gasteiger partial charge in [0.2, 0.25) is 5.91 Å². The number of non-ortho nitro benzene ring substituents is 1. The molecule has 2 N–H and O–H groups in total. The number of carbonyl (C=O) groups excluding carboxylic acids is 2. The number of carbonyl (C=O) groups is 2. The van der Waals surface area contributed by atoms with Crippen LogP contribution >= 0.6 is 0 Å². The van der Waals surface area contributed by atoms with Crippen molar-refractivity contribution in [2.75, 3.05) is 6.54 Å². The van der Waals surface area contributed by atoms with Crippen LogP contribution in [0.1, 0.15) is 35.3 Å². The van der Waals surface area contributed by atoms with Crippen molar-refractivity contribution in [3.8, 4) is 0 Å². The zero-order valence-electron chi connectivity index (χ0n) is 14.1. The molecule has 0 spiro atoms. The van der Waals surface area contributed by atoms with Gasteiger partial charge in [-0.15, -0.1) is 0 Å². The maximum absolute atomic E-state index is 12.9. The Hall–Kier alpha value is -3.29. The van der Waals surface area contributed by atoms with Gasteiger partial charge in [0, 0.05) is 30.7 Å². The number of nitrogens with zero attached hydrogens (tertiary/aromatic N) is 1. The maximum atomic E-state index is 12.9. The van der Waals surface area contributed by atoms with E-state index in [1.165, 1.54) is 36.4 Å². The van der Waals surface area contributed by atoms with Crippen LogP contribution < -0.4 is 10.6 Å². The van der Waals surface area contributed by atoms with Gasteiger partial charge in [-0.25, -0.2) is 4.39 Å². The summed E-state index contributed by atoms with van der Waals surface area (Å²) >= 11 is 0. The van der Waals surface area contributed by atoms with Crippen LogP contribution in [0.25, 0.3) is 0 Å². The van der Waals surface area contributed by atoms with E-state index in [2.05, 4.69) is 10.6 Å². The highest BCUT2D eigenvalue weighted by Gasteiger charge is 2.12. The number of rotatable bonds is 7. The Morgan fingerprint density at radius 3 is 2.31 bits per heavy atom. The summed E-state index contributed by atoms with van der Waals surface area (Å²) in [5, 5.41) is 15.9. The molecule has 0 aliphatic heterocycles. The molecule has 0 heterocycles. The average molecular weight is 359 g/mol. The SMILES string of the molecule is C[C@H](NC(=O)CCNC(=O)c1ccc([N+](=O)[O-])cc1)c1ccc(F)cc1. The van der Waals surface area contributed by atoms with E-state index in [9.17, 15) is 24.1 Å². The second kappa shape index (κ2) is 8.70. The van der Waals surface area contributed by atoms with Gasteiger partial charge in [0.05, 0.1) is 11.0 Å². The van der Waals surface area contributed by atoms with E-state index in [4.69, 9.17) is 0 Å². The Bertz CT molecular complexity index is 791. The molecule has 0 aliphatic rings. The van der Waals surface area contributed by atoms with Gasteiger partial charge < -0.3 is 10.6 Å². The fraction of sp³-hybridized carbons (Fsp3) is 0.222. The van der Waals surface area contributed by atoms with E-state index in [1.807, 2.05) is 0 Å². The van der Waals surface area contributed by atoms with Crippen LogP contribution in [0.2, 0.25) is 0 Å². The molecule has 0 aromatic heterocycles. The Kier molecular flexibility index (Phi) is 6.37. The quantitative estimate of drug-likeness (QED) is 0.586. The zero-order chi connectivity index (χ0) is 19.1. The van der Waals surface area contributed by atoms with Gasteiger partial charge in [-0.05, 0) is 36.8 Å². The van der Waals surface area contributed by atoms with Crippen LogP contribution in [0.3, 0.4) is 0 Å². The standard InChI is InChI=1S/C18H18FN3O4/c1-12(13-2-6-15(19)7-3-13)21-17(23)10-11-20-18(24)14-4-8-16(9-5-14)22(25)26/h2-9,12H,10-11H2,1H3,(H,20,24)(H,21,23)/t12-/m0/s1. The average Bonchev–Trinajstić information content (AvgIpc) is 2.62. The lowest BCUT2D eigenvalue weighted by Gasteiger charge is -2.14. The van der Waals surface area contributed by atoms with Gasteiger partial charge >= 0.3 is 0 Å². The summed E-state index contributed by atoms with van der Waals surface area (Å²) in [6, 6.07) is 10.7. The number of halogens is 1. The number of nitro benzene ring substituents is 1. The topological polar surface area (TPSA) is 101 Å². The normalized spacial score (nSPS) is 11.5. The van der Waals surface area contributed by atoms with Gasteiger partial charge in [-0.2, -0.15) is 0 Å². The molecule has 0 unspecified atom stereocenters. The molecule has 0 bridgehead atoms. The van der Waals surface area contributed by atoms with Crippen LogP contribution in [0.15, 0.2) is 48.5 Å². The lowest BCUT2D eigenvalue weighted by molar-refractivity contribution is -0.384. The Balaban J connectivity index is 1.77. The second-order valence-electron chi connectivity index (χ2n) is 5.65. The first-order valence-corrected chi connectivity index (χ1v) is 7.94. The van der Waals surface area contributed by atoms with Crippen LogP contribution in [-0.4, -0.2) is 23.3 Å². The predicted octanol–water partition coefficient (Wildman–Crippen LogP) is 2.73. The first-order valence-electron chi connectivity index (χ1n) is 7.94. The number of nitrogens with one attached hydrogen (secondary N) is 2. The van der Waals surface area contributed by atoms with E-state index in [-0.39, 0.29) is 42.0 Å². The van der Waals surface area contributed by atoms with Gasteiger partial charge in [-0.1, -0.05) is 12.1 Å². The van der Waals surface area contributed by atoms with E-state index in [1.54, 1.807) is 19.1 Å². The first-order chi connectivity index (χ1) is 12.4. The zero-order valence-corrected chi connectivity index (χ0v) is 14.1. The first kappa shape index (κ1) is 19.0. The minimum atomic E-state index is -0.547. The van der Waals surface area contributed by atoms with Crippen molar-refractivity contribution in [2.24, 2.45) is 0 Å². The van der Waals surface area contributed by atoms with Crippen molar-refractivity contribution in [2.45, 2.75) is 19.4 Å². The molecule has 136 valence electrons. The van der Waals surface area contributed by atoms with E-state index in [0.29, 0.717) is 0 Å². The molecule has 0 radical (unpaired) electrons. The monoisotopic (exact) mass is 359 g/mol. The van der Waals surface area contributed by atoms with Crippen molar-refractivity contribution in [3.05, 3.63) is 75.6 Å². The van der Waals surface area contributed by atoms with Gasteiger partial charge in [0.1, 0.15) is 5.82 Å². The molecule has 0 fully saturated rings. The lowest BCUT2D eigenvalue weighted by Crippen LogP contribution is -2.32. The third-order valence-electron chi connectivity index (χ3n) is 3.73. The van der Waals surface area contributed by atoms with Crippen LogP contribution in [0.4, 0.5) is 10.1 Å². The molecule has 0 aliphatic carbocycles. The van der Waals surface area contributed by atoms with E-state index in [0.717, 1.165) is 5.56 Å². The van der Waals surface area contributed by atoms with Crippen molar-refractivity contribution in [1.82, 2.24) is 10.6 Å². The predicted molar refractivity (Wildman–Crippen MR) is 93.0 cm³/mol. The molecule has 26 heavy (non-hydrogen) atoms. The van der Waals surface area contributed by atoms with Crippen molar-refractivity contribution < 1.29 is 18.9 Å². The van der Waals surface area contributed by atoms with Crippen molar-refractivity contribution >= 4 is 17.5 Å². The highest BCUT2D eigenvalue weighted by Crippen LogP contribution is 2.13. The highest BCUT2D eigenvalue weighted by atomic mass is 19.1. The summed E-state index contributed by atoms with van der Waals surface area (Å²) in [4.78, 5) is 33.9. The van der Waals surface area contributed by atoms with Crippen LogP contribution in [-0.2, 0) is 4.79 Å². The fourth-order valence-corrected chi connectivity index (χ4v) is 2.27. The Morgan fingerprint density at radius 1 is 1.12 bits per heavy atom. The van der Waals surface area contributed by atoms with E-state index >= 15 is 0 Å². The maximum Gasteiger partial charge on any atom is 0.269 e. The minimum Gasteiger partial charge on any atom is -0.352 e. The van der Waals surface area contributed by atoms with Gasteiger partial charge in [0.15, 0.2) is 0 Å². The molecule has 2 rings (SSSR count). The lowest BCUT2D eigenvalue weighted by atomic mass is 10.1. The molecule has 7 nitrogen and oxygen atoms in total. The summed E-state index contributed by atoms with van der Waals surface area (Å²) in [5.74, 6) is -1.02. The Labute approximate surface area is 149 Å². The summed E-state index contributed by atoms with van der Waals surface area (Å²) in [6.07, 6.45) is 0.0737. The molecular weight excluding hydrogens is 341 g/mol. The number of amides is 2. The third-order valence-corrected chi connectivity index (χ3v) is 3.73. The van der Waals surface area contributed by atoms with Crippen LogP contribution in [0.5, 0.6) is 0 Å². The number of benzene rings is 2. The molecule has 1 atom stereocenters. The molecular formula is C18H18FN3O4. The second-order valence-corrected chi connectivity index (χ2v) is 5.65. The van der Waals surface area contributed by atoms with Gasteiger partial charge in [-0.3, -0.25) is 19.7 Å².